The van der Waals surface area contributed by atoms with Crippen LogP contribution in [-0.2, 0) is 16.5 Å². The van der Waals surface area contributed by atoms with Crippen LogP contribution in [0.3, 0.4) is 0 Å². The SMILES string of the molecule is CCCCCCCCCCc1cc(Oc2ccccc2[O-])ccc1S(=O)(=O)O.[K+]. The van der Waals surface area contributed by atoms with Crippen molar-refractivity contribution < 1.29 is 74.2 Å². The Morgan fingerprint density at radius 3 is 2.17 bits per heavy atom. The first-order valence-corrected chi connectivity index (χ1v) is 11.4. The maximum Gasteiger partial charge on any atom is 1.00 e. The molecular formula is C22H29KO5S. The van der Waals surface area contributed by atoms with E-state index >= 15 is 0 Å². The van der Waals surface area contributed by atoms with E-state index in [4.69, 9.17) is 4.74 Å². The molecule has 2 aromatic rings. The average molecular weight is 445 g/mol. The molecule has 0 aliphatic heterocycles. The number of hydrogen-bond acceptors (Lipinski definition) is 4. The van der Waals surface area contributed by atoms with Gasteiger partial charge < -0.3 is 9.84 Å². The maximum atomic E-state index is 11.8. The summed E-state index contributed by atoms with van der Waals surface area (Å²) in [6.07, 6.45) is 9.68. The van der Waals surface area contributed by atoms with Gasteiger partial charge in [-0.1, -0.05) is 75.8 Å². The minimum absolute atomic E-state index is 0. The summed E-state index contributed by atoms with van der Waals surface area (Å²) in [5, 5.41) is 11.8. The minimum atomic E-state index is -4.31. The Kier molecular flexibility index (Phi) is 12.7. The van der Waals surface area contributed by atoms with Gasteiger partial charge in [-0.15, -0.1) is 0 Å². The van der Waals surface area contributed by atoms with Crippen molar-refractivity contribution in [1.29, 1.82) is 0 Å². The summed E-state index contributed by atoms with van der Waals surface area (Å²) >= 11 is 0. The monoisotopic (exact) mass is 444 g/mol. The Labute approximate surface area is 217 Å². The summed E-state index contributed by atoms with van der Waals surface area (Å²) in [7, 11) is -4.31. The van der Waals surface area contributed by atoms with Gasteiger partial charge in [0.15, 0.2) is 0 Å². The number of aryl methyl sites for hydroxylation is 1. The zero-order chi connectivity index (χ0) is 20.4. The Morgan fingerprint density at radius 2 is 1.55 bits per heavy atom. The normalized spacial score (nSPS) is 11.1. The molecule has 29 heavy (non-hydrogen) atoms. The number of para-hydroxylation sites is 2. The predicted molar refractivity (Wildman–Crippen MR) is 109 cm³/mol. The second kappa shape index (κ2) is 13.8. The first-order valence-electron chi connectivity index (χ1n) is 9.96. The van der Waals surface area contributed by atoms with Gasteiger partial charge in [0, 0.05) is 0 Å². The average Bonchev–Trinajstić information content (AvgIpc) is 2.65. The first-order chi connectivity index (χ1) is 13.4. The van der Waals surface area contributed by atoms with Crippen LogP contribution < -0.4 is 61.2 Å². The molecule has 0 aliphatic rings. The van der Waals surface area contributed by atoms with Crippen molar-refractivity contribution in [2.24, 2.45) is 0 Å². The maximum absolute atomic E-state index is 11.8. The molecular weight excluding hydrogens is 415 g/mol. The van der Waals surface area contributed by atoms with Crippen LogP contribution in [-0.4, -0.2) is 13.0 Å². The second-order valence-corrected chi connectivity index (χ2v) is 8.41. The van der Waals surface area contributed by atoms with E-state index < -0.39 is 10.1 Å². The van der Waals surface area contributed by atoms with Crippen molar-refractivity contribution >= 4 is 10.1 Å². The predicted octanol–water partition coefficient (Wildman–Crippen LogP) is 2.49. The molecule has 2 rings (SSSR count). The van der Waals surface area contributed by atoms with Crippen LogP contribution in [0, 0.1) is 0 Å². The van der Waals surface area contributed by atoms with Gasteiger partial charge in [0.1, 0.15) is 11.5 Å². The molecule has 7 heteroatoms. The molecule has 0 spiro atoms. The second-order valence-electron chi connectivity index (χ2n) is 7.02. The fraction of sp³-hybridized carbons (Fsp3) is 0.455. The Morgan fingerprint density at radius 1 is 0.931 bits per heavy atom. The van der Waals surface area contributed by atoms with E-state index in [1.165, 1.54) is 50.3 Å². The van der Waals surface area contributed by atoms with Gasteiger partial charge in [0.2, 0.25) is 0 Å². The topological polar surface area (TPSA) is 86.7 Å². The molecule has 0 atom stereocenters. The Bertz CT molecular complexity index is 852. The Hall–Kier alpha value is -0.414. The van der Waals surface area contributed by atoms with E-state index in [-0.39, 0.29) is 67.8 Å². The molecule has 0 saturated carbocycles. The number of rotatable bonds is 12. The van der Waals surface area contributed by atoms with E-state index in [0.29, 0.717) is 17.7 Å². The van der Waals surface area contributed by atoms with Crippen molar-refractivity contribution in [2.75, 3.05) is 0 Å². The van der Waals surface area contributed by atoms with Crippen molar-refractivity contribution in [1.82, 2.24) is 0 Å². The molecule has 0 heterocycles. The zero-order valence-electron chi connectivity index (χ0n) is 17.4. The van der Waals surface area contributed by atoms with Crippen molar-refractivity contribution in [2.45, 2.75) is 69.6 Å². The molecule has 2 aromatic carbocycles. The molecule has 1 N–H and O–H groups in total. The Balaban J connectivity index is 0.00000420. The van der Waals surface area contributed by atoms with Crippen molar-refractivity contribution in [3.05, 3.63) is 48.0 Å². The first kappa shape index (κ1) is 26.6. The molecule has 154 valence electrons. The minimum Gasteiger partial charge on any atom is -0.870 e. The fourth-order valence-electron chi connectivity index (χ4n) is 3.18. The number of ether oxygens (including phenoxy) is 1. The summed E-state index contributed by atoms with van der Waals surface area (Å²) in [6.45, 7) is 2.19. The van der Waals surface area contributed by atoms with E-state index in [9.17, 15) is 18.1 Å². The van der Waals surface area contributed by atoms with Gasteiger partial charge in [-0.05, 0) is 42.7 Å². The van der Waals surface area contributed by atoms with Gasteiger partial charge >= 0.3 is 51.4 Å². The molecule has 0 fully saturated rings. The third-order valence-electron chi connectivity index (χ3n) is 4.69. The summed E-state index contributed by atoms with van der Waals surface area (Å²) < 4.78 is 38.5. The van der Waals surface area contributed by atoms with Crippen LogP contribution in [0.1, 0.15) is 63.9 Å². The van der Waals surface area contributed by atoms with Crippen molar-refractivity contribution in [3.63, 3.8) is 0 Å². The molecule has 0 amide bonds. The molecule has 0 aliphatic carbocycles. The van der Waals surface area contributed by atoms with E-state index in [1.54, 1.807) is 24.3 Å². The molecule has 0 unspecified atom stereocenters. The van der Waals surface area contributed by atoms with E-state index in [2.05, 4.69) is 6.92 Å². The summed E-state index contributed by atoms with van der Waals surface area (Å²) in [6, 6.07) is 10.7. The van der Waals surface area contributed by atoms with Gasteiger partial charge in [-0.2, -0.15) is 8.42 Å². The number of unbranched alkanes of at least 4 members (excludes halogenated alkanes) is 7. The zero-order valence-corrected chi connectivity index (χ0v) is 21.3. The molecule has 0 radical (unpaired) electrons. The van der Waals surface area contributed by atoms with Crippen LogP contribution >= 0.6 is 0 Å². The molecule has 0 saturated heterocycles. The molecule has 0 aromatic heterocycles. The number of hydrogen-bond donors (Lipinski definition) is 1. The van der Waals surface area contributed by atoms with Crippen LogP contribution in [0.5, 0.6) is 17.2 Å². The molecule has 0 bridgehead atoms. The third kappa shape index (κ3) is 9.51. The molecule has 5 nitrogen and oxygen atoms in total. The standard InChI is InChI=1S/C22H30O5S.K/c1-2-3-4-5-6-7-8-9-12-18-17-19(15-16-22(18)28(24,25)26)27-21-14-11-10-13-20(21)23;/h10-11,13-17,23H,2-9,12H2,1H3,(H,24,25,26);/q;+1/p-1. The summed E-state index contributed by atoms with van der Waals surface area (Å²) in [5.41, 5.74) is 0.509. The van der Waals surface area contributed by atoms with Gasteiger partial charge in [-0.25, -0.2) is 0 Å². The van der Waals surface area contributed by atoms with Crippen LogP contribution in [0.25, 0.3) is 0 Å². The van der Waals surface area contributed by atoms with Crippen LogP contribution in [0.2, 0.25) is 0 Å². The van der Waals surface area contributed by atoms with Crippen LogP contribution in [0.15, 0.2) is 47.4 Å². The third-order valence-corrected chi connectivity index (χ3v) is 5.64. The summed E-state index contributed by atoms with van der Waals surface area (Å²) in [5.74, 6) is 0.316. The largest absolute Gasteiger partial charge is 1.00 e. The van der Waals surface area contributed by atoms with Crippen molar-refractivity contribution in [3.8, 4) is 17.2 Å². The van der Waals surface area contributed by atoms with Gasteiger partial charge in [0.25, 0.3) is 10.1 Å². The van der Waals surface area contributed by atoms with E-state index in [0.717, 1.165) is 19.3 Å². The van der Waals surface area contributed by atoms with E-state index in [1.807, 2.05) is 0 Å². The number of benzene rings is 2. The fourth-order valence-corrected chi connectivity index (χ4v) is 3.91. The van der Waals surface area contributed by atoms with Gasteiger partial charge in [0.05, 0.1) is 4.90 Å². The quantitative estimate of drug-likeness (QED) is 0.309. The van der Waals surface area contributed by atoms with Gasteiger partial charge in [-0.3, -0.25) is 4.55 Å². The summed E-state index contributed by atoms with van der Waals surface area (Å²) in [4.78, 5) is -0.0989. The smallest absolute Gasteiger partial charge is 0.870 e. The van der Waals surface area contributed by atoms with Crippen LogP contribution in [0.4, 0.5) is 0 Å².